The van der Waals surface area contributed by atoms with E-state index in [1.54, 1.807) is 18.3 Å². The molecule has 1 saturated heterocycles. The number of alkyl halides is 3. The summed E-state index contributed by atoms with van der Waals surface area (Å²) in [7, 11) is 0. The number of rotatable bonds is 4. The van der Waals surface area contributed by atoms with E-state index in [0.29, 0.717) is 12.0 Å². The summed E-state index contributed by atoms with van der Waals surface area (Å²) in [5, 5.41) is 3.31. The lowest BCUT2D eigenvalue weighted by Crippen LogP contribution is -2.34. The van der Waals surface area contributed by atoms with E-state index in [0.717, 1.165) is 38.3 Å². The topological polar surface area (TPSA) is 28.2 Å². The number of benzene rings is 1. The summed E-state index contributed by atoms with van der Waals surface area (Å²) >= 11 is 0. The van der Waals surface area contributed by atoms with Crippen LogP contribution < -0.4 is 5.32 Å². The lowest BCUT2D eigenvalue weighted by molar-refractivity contribution is -0.138. The molecule has 0 spiro atoms. The van der Waals surface area contributed by atoms with E-state index < -0.39 is 11.7 Å². The Bertz CT molecular complexity index is 665. The van der Waals surface area contributed by atoms with Gasteiger partial charge in [0.15, 0.2) is 0 Å². The fraction of sp³-hybridized carbons (Fsp3) is 0.421. The maximum absolute atomic E-state index is 13.5. The van der Waals surface area contributed by atoms with Crippen LogP contribution in [0.25, 0.3) is 0 Å². The van der Waals surface area contributed by atoms with Crippen molar-refractivity contribution in [3.05, 3.63) is 65.5 Å². The third-order valence-electron chi connectivity index (χ3n) is 4.57. The lowest BCUT2D eigenvalue weighted by Gasteiger charge is -2.32. The molecule has 0 amide bonds. The Morgan fingerprint density at radius 2 is 1.84 bits per heavy atom. The standard InChI is InChI=1S/C19H22F3N3/c20-19(21,22)17-8-2-1-7-16(17)18(14-15-6-3-4-10-24-15)25-12-5-9-23-11-13-25/h1-4,6-8,10,18,23H,5,9,11-14H2. The van der Waals surface area contributed by atoms with Gasteiger partial charge in [0.1, 0.15) is 0 Å². The molecule has 25 heavy (non-hydrogen) atoms. The van der Waals surface area contributed by atoms with Crippen molar-refractivity contribution in [2.45, 2.75) is 25.1 Å². The molecule has 1 N–H and O–H groups in total. The largest absolute Gasteiger partial charge is 0.416 e. The van der Waals surface area contributed by atoms with Gasteiger partial charge in [0.2, 0.25) is 0 Å². The van der Waals surface area contributed by atoms with Crippen LogP contribution in [0.2, 0.25) is 0 Å². The molecule has 1 unspecified atom stereocenters. The molecule has 0 bridgehead atoms. The second kappa shape index (κ2) is 7.97. The van der Waals surface area contributed by atoms with Gasteiger partial charge in [-0.25, -0.2) is 0 Å². The second-order valence-corrected chi connectivity index (χ2v) is 6.27. The molecule has 3 rings (SSSR count). The van der Waals surface area contributed by atoms with Crippen LogP contribution >= 0.6 is 0 Å². The van der Waals surface area contributed by atoms with Crippen LogP contribution in [0.1, 0.15) is 29.3 Å². The monoisotopic (exact) mass is 349 g/mol. The van der Waals surface area contributed by atoms with Gasteiger partial charge in [-0.1, -0.05) is 24.3 Å². The molecular weight excluding hydrogens is 327 g/mol. The van der Waals surface area contributed by atoms with E-state index in [1.807, 2.05) is 18.2 Å². The van der Waals surface area contributed by atoms with Crippen molar-refractivity contribution in [3.8, 4) is 0 Å². The highest BCUT2D eigenvalue weighted by Gasteiger charge is 2.36. The van der Waals surface area contributed by atoms with E-state index in [4.69, 9.17) is 0 Å². The van der Waals surface area contributed by atoms with Gasteiger partial charge in [0.05, 0.1) is 5.56 Å². The van der Waals surface area contributed by atoms with Crippen molar-refractivity contribution in [1.29, 1.82) is 0 Å². The molecule has 1 aromatic heterocycles. The van der Waals surface area contributed by atoms with E-state index in [1.165, 1.54) is 12.1 Å². The maximum Gasteiger partial charge on any atom is 0.416 e. The van der Waals surface area contributed by atoms with Gasteiger partial charge in [-0.2, -0.15) is 13.2 Å². The number of nitrogens with one attached hydrogen (secondary N) is 1. The summed E-state index contributed by atoms with van der Waals surface area (Å²) in [6.45, 7) is 3.18. The Kier molecular flexibility index (Phi) is 5.71. The van der Waals surface area contributed by atoms with E-state index in [9.17, 15) is 13.2 Å². The Balaban J connectivity index is 1.99. The van der Waals surface area contributed by atoms with Crippen molar-refractivity contribution < 1.29 is 13.2 Å². The zero-order chi connectivity index (χ0) is 17.7. The van der Waals surface area contributed by atoms with E-state index in [-0.39, 0.29) is 6.04 Å². The zero-order valence-corrected chi connectivity index (χ0v) is 14.0. The number of aromatic nitrogens is 1. The van der Waals surface area contributed by atoms with Crippen LogP contribution in [0.15, 0.2) is 48.7 Å². The van der Waals surface area contributed by atoms with Crippen LogP contribution in [-0.4, -0.2) is 36.1 Å². The smallest absolute Gasteiger partial charge is 0.315 e. The van der Waals surface area contributed by atoms with Crippen LogP contribution in [0, 0.1) is 0 Å². The molecule has 2 aromatic rings. The van der Waals surface area contributed by atoms with Crippen LogP contribution in [-0.2, 0) is 12.6 Å². The van der Waals surface area contributed by atoms with Crippen molar-refractivity contribution >= 4 is 0 Å². The Hall–Kier alpha value is -1.92. The number of hydrogen-bond acceptors (Lipinski definition) is 3. The molecule has 3 nitrogen and oxygen atoms in total. The fourth-order valence-corrected chi connectivity index (χ4v) is 3.38. The molecule has 6 heteroatoms. The first-order valence-electron chi connectivity index (χ1n) is 8.56. The first-order valence-corrected chi connectivity index (χ1v) is 8.56. The van der Waals surface area contributed by atoms with Gasteiger partial charge in [0.25, 0.3) is 0 Å². The van der Waals surface area contributed by atoms with Crippen molar-refractivity contribution in [2.24, 2.45) is 0 Å². The lowest BCUT2D eigenvalue weighted by atomic mass is 9.94. The molecule has 0 radical (unpaired) electrons. The Labute approximate surface area is 145 Å². The van der Waals surface area contributed by atoms with E-state index >= 15 is 0 Å². The number of halogens is 3. The SMILES string of the molecule is FC(F)(F)c1ccccc1C(Cc1ccccn1)N1CCCNCC1. The molecule has 1 aliphatic rings. The number of pyridine rings is 1. The summed E-state index contributed by atoms with van der Waals surface area (Å²) in [4.78, 5) is 6.48. The number of hydrogen-bond donors (Lipinski definition) is 1. The highest BCUT2D eigenvalue weighted by molar-refractivity contribution is 5.33. The van der Waals surface area contributed by atoms with Crippen LogP contribution in [0.3, 0.4) is 0 Å². The zero-order valence-electron chi connectivity index (χ0n) is 14.0. The Morgan fingerprint density at radius 3 is 2.60 bits per heavy atom. The highest BCUT2D eigenvalue weighted by atomic mass is 19.4. The van der Waals surface area contributed by atoms with Gasteiger partial charge in [-0.05, 0) is 36.7 Å². The van der Waals surface area contributed by atoms with Gasteiger partial charge in [-0.15, -0.1) is 0 Å². The molecular formula is C19H22F3N3. The normalized spacial score (nSPS) is 17.9. The van der Waals surface area contributed by atoms with Gasteiger partial charge < -0.3 is 5.32 Å². The summed E-state index contributed by atoms with van der Waals surface area (Å²) in [5.74, 6) is 0. The van der Waals surface area contributed by atoms with Gasteiger partial charge in [-0.3, -0.25) is 9.88 Å². The van der Waals surface area contributed by atoms with Gasteiger partial charge in [0, 0.05) is 44.0 Å². The average Bonchev–Trinajstić information content (AvgIpc) is 2.89. The Morgan fingerprint density at radius 1 is 1.04 bits per heavy atom. The van der Waals surface area contributed by atoms with E-state index in [2.05, 4.69) is 15.2 Å². The quantitative estimate of drug-likeness (QED) is 0.913. The fourth-order valence-electron chi connectivity index (χ4n) is 3.38. The summed E-state index contributed by atoms with van der Waals surface area (Å²) in [6, 6.07) is 11.1. The van der Waals surface area contributed by atoms with Crippen molar-refractivity contribution in [1.82, 2.24) is 15.2 Å². The molecule has 134 valence electrons. The van der Waals surface area contributed by atoms with Crippen molar-refractivity contribution in [2.75, 3.05) is 26.2 Å². The molecule has 1 fully saturated rings. The van der Waals surface area contributed by atoms with Crippen molar-refractivity contribution in [3.63, 3.8) is 0 Å². The molecule has 0 aliphatic carbocycles. The predicted molar refractivity (Wildman–Crippen MR) is 91.2 cm³/mol. The summed E-state index contributed by atoms with van der Waals surface area (Å²) in [6.07, 6.45) is -1.28. The minimum Gasteiger partial charge on any atom is -0.315 e. The predicted octanol–water partition coefficient (Wildman–Crippen LogP) is 3.68. The average molecular weight is 349 g/mol. The molecule has 1 aliphatic heterocycles. The molecule has 0 saturated carbocycles. The summed E-state index contributed by atoms with van der Waals surface area (Å²) in [5.41, 5.74) is 0.595. The number of nitrogens with zero attached hydrogens (tertiary/aromatic N) is 2. The molecule has 1 atom stereocenters. The van der Waals surface area contributed by atoms with Gasteiger partial charge >= 0.3 is 6.18 Å². The van der Waals surface area contributed by atoms with Crippen LogP contribution in [0.5, 0.6) is 0 Å². The minimum atomic E-state index is -4.36. The minimum absolute atomic E-state index is 0.336. The third-order valence-corrected chi connectivity index (χ3v) is 4.57. The van der Waals surface area contributed by atoms with Crippen LogP contribution in [0.4, 0.5) is 13.2 Å². The first-order chi connectivity index (χ1) is 12.1. The highest BCUT2D eigenvalue weighted by Crippen LogP contribution is 2.37. The first kappa shape index (κ1) is 17.9. The second-order valence-electron chi connectivity index (χ2n) is 6.27. The molecule has 1 aromatic carbocycles. The molecule has 2 heterocycles. The summed E-state index contributed by atoms with van der Waals surface area (Å²) < 4.78 is 40.6. The maximum atomic E-state index is 13.5. The third kappa shape index (κ3) is 4.58.